The molecule has 0 aliphatic carbocycles. The van der Waals surface area contributed by atoms with Crippen LogP contribution in [0.2, 0.25) is 0 Å². The number of nitrogens with zero attached hydrogens (tertiary/aromatic N) is 2. The molecule has 2 aliphatic rings. The van der Waals surface area contributed by atoms with E-state index in [2.05, 4.69) is 0 Å². The minimum Gasteiger partial charge on any atom is -0.478 e. The number of rotatable bonds is 5. The molecule has 2 heterocycles. The molecule has 2 aliphatic heterocycles. The third-order valence-electron chi connectivity index (χ3n) is 5.67. The van der Waals surface area contributed by atoms with Gasteiger partial charge in [0.1, 0.15) is 0 Å². The summed E-state index contributed by atoms with van der Waals surface area (Å²) in [5.74, 6) is -0.398. The van der Waals surface area contributed by atoms with Crippen LogP contribution in [-0.2, 0) is 9.59 Å². The van der Waals surface area contributed by atoms with Crippen LogP contribution in [-0.4, -0.2) is 58.9 Å². The van der Waals surface area contributed by atoms with Crippen molar-refractivity contribution in [2.75, 3.05) is 26.2 Å². The second kappa shape index (κ2) is 9.02. The van der Waals surface area contributed by atoms with Crippen LogP contribution in [0.4, 0.5) is 0 Å². The van der Waals surface area contributed by atoms with Gasteiger partial charge in [-0.1, -0.05) is 18.6 Å². The number of carboxylic acids is 1. The number of carbonyl (C=O) groups is 3. The van der Waals surface area contributed by atoms with Crippen LogP contribution >= 0.6 is 0 Å². The van der Waals surface area contributed by atoms with E-state index in [9.17, 15) is 14.4 Å². The van der Waals surface area contributed by atoms with Crippen molar-refractivity contribution >= 4 is 17.8 Å². The zero-order valence-electron chi connectivity index (χ0n) is 15.7. The SMILES string of the molecule is O=C(O)c1ccc([C@H]2CCCN(C(=O)CCN3CCCCCC3=O)C2)cc1. The maximum absolute atomic E-state index is 12.7. The summed E-state index contributed by atoms with van der Waals surface area (Å²) >= 11 is 0. The quantitative estimate of drug-likeness (QED) is 0.862. The summed E-state index contributed by atoms with van der Waals surface area (Å²) in [6.07, 6.45) is 6.00. The Balaban J connectivity index is 1.54. The molecule has 1 atom stereocenters. The number of benzene rings is 1. The number of piperidine rings is 1. The first-order valence-corrected chi connectivity index (χ1v) is 9.93. The molecule has 0 radical (unpaired) electrons. The molecular formula is C21H28N2O4. The molecule has 0 aromatic heterocycles. The highest BCUT2D eigenvalue weighted by Crippen LogP contribution is 2.27. The minimum absolute atomic E-state index is 0.110. The summed E-state index contributed by atoms with van der Waals surface area (Å²) in [6.45, 7) is 2.71. The summed E-state index contributed by atoms with van der Waals surface area (Å²) in [5, 5.41) is 9.02. The molecule has 0 saturated carbocycles. The molecular weight excluding hydrogens is 344 g/mol. The molecule has 2 saturated heterocycles. The zero-order chi connectivity index (χ0) is 19.2. The molecule has 27 heavy (non-hydrogen) atoms. The average molecular weight is 372 g/mol. The average Bonchev–Trinajstić information content (AvgIpc) is 2.90. The predicted octanol–water partition coefficient (Wildman–Crippen LogP) is 2.88. The Morgan fingerprint density at radius 3 is 2.56 bits per heavy atom. The molecule has 0 bridgehead atoms. The molecule has 3 rings (SSSR count). The predicted molar refractivity (Wildman–Crippen MR) is 102 cm³/mol. The third-order valence-corrected chi connectivity index (χ3v) is 5.67. The lowest BCUT2D eigenvalue weighted by atomic mass is 9.90. The van der Waals surface area contributed by atoms with Crippen molar-refractivity contribution in [1.29, 1.82) is 0 Å². The highest BCUT2D eigenvalue weighted by molar-refractivity contribution is 5.87. The highest BCUT2D eigenvalue weighted by Gasteiger charge is 2.26. The van der Waals surface area contributed by atoms with E-state index in [1.165, 1.54) is 0 Å². The second-order valence-corrected chi connectivity index (χ2v) is 7.55. The van der Waals surface area contributed by atoms with Crippen molar-refractivity contribution in [3.8, 4) is 0 Å². The maximum Gasteiger partial charge on any atom is 0.335 e. The standard InChI is InChI=1S/C21H28N2O4/c24-19-6-2-1-3-12-22(19)14-11-20(25)23-13-4-5-18(15-23)16-7-9-17(10-8-16)21(26)27/h7-10,18H,1-6,11-15H2,(H,26,27)/t18-/m0/s1. The van der Waals surface area contributed by atoms with Crippen LogP contribution in [0.1, 0.15) is 66.8 Å². The van der Waals surface area contributed by atoms with Crippen LogP contribution in [0.15, 0.2) is 24.3 Å². The van der Waals surface area contributed by atoms with E-state index < -0.39 is 5.97 Å². The van der Waals surface area contributed by atoms with E-state index in [1.807, 2.05) is 21.9 Å². The van der Waals surface area contributed by atoms with Gasteiger partial charge in [-0.3, -0.25) is 9.59 Å². The highest BCUT2D eigenvalue weighted by atomic mass is 16.4. The fraction of sp³-hybridized carbons (Fsp3) is 0.571. The number of amides is 2. The van der Waals surface area contributed by atoms with Gasteiger partial charge in [0.25, 0.3) is 0 Å². The molecule has 6 heteroatoms. The number of carboxylic acid groups (broad SMARTS) is 1. The second-order valence-electron chi connectivity index (χ2n) is 7.55. The van der Waals surface area contributed by atoms with E-state index in [0.29, 0.717) is 25.9 Å². The van der Waals surface area contributed by atoms with E-state index in [-0.39, 0.29) is 23.3 Å². The Morgan fingerprint density at radius 1 is 1.04 bits per heavy atom. The van der Waals surface area contributed by atoms with Crippen LogP contribution in [0.5, 0.6) is 0 Å². The molecule has 2 amide bonds. The normalized spacial score (nSPS) is 21.0. The Bertz CT molecular complexity index is 686. The summed E-state index contributed by atoms with van der Waals surface area (Å²) in [7, 11) is 0. The zero-order valence-corrected chi connectivity index (χ0v) is 15.7. The number of hydrogen-bond acceptors (Lipinski definition) is 3. The van der Waals surface area contributed by atoms with Crippen molar-refractivity contribution in [2.24, 2.45) is 0 Å². The first kappa shape index (κ1) is 19.4. The van der Waals surface area contributed by atoms with Crippen molar-refractivity contribution in [3.63, 3.8) is 0 Å². The maximum atomic E-state index is 12.7. The van der Waals surface area contributed by atoms with Gasteiger partial charge in [-0.25, -0.2) is 4.79 Å². The Labute approximate surface area is 160 Å². The first-order chi connectivity index (χ1) is 13.0. The molecule has 0 spiro atoms. The van der Waals surface area contributed by atoms with Gasteiger partial charge in [-0.15, -0.1) is 0 Å². The summed E-state index contributed by atoms with van der Waals surface area (Å²) in [6, 6.07) is 6.97. The third kappa shape index (κ3) is 5.08. The molecule has 1 aromatic rings. The molecule has 146 valence electrons. The fourth-order valence-electron chi connectivity index (χ4n) is 4.04. The topological polar surface area (TPSA) is 77.9 Å². The fourth-order valence-corrected chi connectivity index (χ4v) is 4.04. The molecule has 1 N–H and O–H groups in total. The van der Waals surface area contributed by atoms with Gasteiger partial charge in [0.2, 0.25) is 11.8 Å². The van der Waals surface area contributed by atoms with E-state index in [4.69, 9.17) is 5.11 Å². The summed E-state index contributed by atoms with van der Waals surface area (Å²) in [4.78, 5) is 39.5. The molecule has 6 nitrogen and oxygen atoms in total. The van der Waals surface area contributed by atoms with Crippen LogP contribution in [0.25, 0.3) is 0 Å². The van der Waals surface area contributed by atoms with Gasteiger partial charge in [-0.2, -0.15) is 0 Å². The van der Waals surface area contributed by atoms with Gasteiger partial charge in [0.05, 0.1) is 5.56 Å². The summed E-state index contributed by atoms with van der Waals surface area (Å²) < 4.78 is 0. The number of carbonyl (C=O) groups excluding carboxylic acids is 2. The van der Waals surface area contributed by atoms with Crippen molar-refractivity contribution in [1.82, 2.24) is 9.80 Å². The lowest BCUT2D eigenvalue weighted by molar-refractivity contribution is -0.134. The van der Waals surface area contributed by atoms with Crippen molar-refractivity contribution in [3.05, 3.63) is 35.4 Å². The Morgan fingerprint density at radius 2 is 1.81 bits per heavy atom. The molecule has 2 fully saturated rings. The Hall–Kier alpha value is -2.37. The van der Waals surface area contributed by atoms with Gasteiger partial charge in [0.15, 0.2) is 0 Å². The van der Waals surface area contributed by atoms with Gasteiger partial charge in [-0.05, 0) is 43.4 Å². The molecule has 0 unspecified atom stereocenters. The van der Waals surface area contributed by atoms with E-state index in [0.717, 1.165) is 50.8 Å². The van der Waals surface area contributed by atoms with Crippen molar-refractivity contribution in [2.45, 2.75) is 50.9 Å². The molecule has 1 aromatic carbocycles. The van der Waals surface area contributed by atoms with Gasteiger partial charge in [0, 0.05) is 44.9 Å². The smallest absolute Gasteiger partial charge is 0.335 e. The minimum atomic E-state index is -0.926. The lowest BCUT2D eigenvalue weighted by Gasteiger charge is -2.33. The largest absolute Gasteiger partial charge is 0.478 e. The van der Waals surface area contributed by atoms with Crippen LogP contribution < -0.4 is 0 Å². The van der Waals surface area contributed by atoms with Crippen LogP contribution in [0, 0.1) is 0 Å². The van der Waals surface area contributed by atoms with Gasteiger partial charge >= 0.3 is 5.97 Å². The van der Waals surface area contributed by atoms with E-state index in [1.54, 1.807) is 12.1 Å². The lowest BCUT2D eigenvalue weighted by Crippen LogP contribution is -2.41. The number of aromatic carboxylic acids is 1. The van der Waals surface area contributed by atoms with Crippen LogP contribution in [0.3, 0.4) is 0 Å². The van der Waals surface area contributed by atoms with E-state index >= 15 is 0 Å². The first-order valence-electron chi connectivity index (χ1n) is 9.93. The Kier molecular flexibility index (Phi) is 6.48. The van der Waals surface area contributed by atoms with Gasteiger partial charge < -0.3 is 14.9 Å². The number of likely N-dealkylation sites (tertiary alicyclic amines) is 2. The number of hydrogen-bond donors (Lipinski definition) is 1. The summed E-state index contributed by atoms with van der Waals surface area (Å²) in [5.41, 5.74) is 1.37. The monoisotopic (exact) mass is 372 g/mol. The van der Waals surface area contributed by atoms with Crippen molar-refractivity contribution < 1.29 is 19.5 Å².